The van der Waals surface area contributed by atoms with Crippen LogP contribution in [-0.4, -0.2) is 36.3 Å². The molecule has 4 rings (SSSR count). The number of nitrogen functional groups attached to an aromatic ring is 1. The molecule has 1 aliphatic heterocycles. The highest BCUT2D eigenvalue weighted by Crippen LogP contribution is 2.31. The van der Waals surface area contributed by atoms with Gasteiger partial charge in [-0.25, -0.2) is 9.97 Å². The van der Waals surface area contributed by atoms with Gasteiger partial charge in [0.05, 0.1) is 16.8 Å². The fraction of sp³-hybridized carbons (Fsp3) is 0.200. The Morgan fingerprint density at radius 1 is 1.04 bits per heavy atom. The first kappa shape index (κ1) is 19.3. The van der Waals surface area contributed by atoms with Crippen molar-refractivity contribution in [3.8, 4) is 0 Å². The van der Waals surface area contributed by atoms with Crippen LogP contribution in [0.4, 0.5) is 23.0 Å². The van der Waals surface area contributed by atoms with Gasteiger partial charge in [-0.1, -0.05) is 11.8 Å². The molecule has 8 heteroatoms. The average Bonchev–Trinajstić information content (AvgIpc) is 2.73. The minimum atomic E-state index is 0.581. The summed E-state index contributed by atoms with van der Waals surface area (Å²) in [7, 11) is 0. The van der Waals surface area contributed by atoms with Gasteiger partial charge in [-0.05, 0) is 71.1 Å². The highest BCUT2D eigenvalue weighted by Gasteiger charge is 2.11. The predicted molar refractivity (Wildman–Crippen MR) is 122 cm³/mol. The Kier molecular flexibility index (Phi) is 6.18. The maximum absolute atomic E-state index is 5.76. The molecule has 0 aliphatic carbocycles. The lowest BCUT2D eigenvalue weighted by Gasteiger charge is -2.28. The summed E-state index contributed by atoms with van der Waals surface area (Å²) in [5.74, 6) is 0.581. The smallest absolute Gasteiger partial charge is 0.228 e. The van der Waals surface area contributed by atoms with E-state index >= 15 is 0 Å². The monoisotopic (exact) mass is 505 g/mol. The van der Waals surface area contributed by atoms with Gasteiger partial charge in [-0.15, -0.1) is 0 Å². The first-order valence-electron chi connectivity index (χ1n) is 8.93. The van der Waals surface area contributed by atoms with Gasteiger partial charge in [-0.3, -0.25) is 0 Å². The summed E-state index contributed by atoms with van der Waals surface area (Å²) in [6, 6.07) is 16.1. The summed E-state index contributed by atoms with van der Waals surface area (Å²) in [4.78, 5) is 12.5. The van der Waals surface area contributed by atoms with Gasteiger partial charge in [0.1, 0.15) is 5.03 Å². The molecule has 2 heterocycles. The van der Waals surface area contributed by atoms with Gasteiger partial charge >= 0.3 is 0 Å². The molecule has 28 heavy (non-hydrogen) atoms. The third-order valence-corrected chi connectivity index (χ3v) is 6.47. The van der Waals surface area contributed by atoms with Crippen molar-refractivity contribution >= 4 is 57.4 Å². The Morgan fingerprint density at radius 3 is 2.46 bits per heavy atom. The van der Waals surface area contributed by atoms with Crippen LogP contribution in [0.1, 0.15) is 0 Å². The van der Waals surface area contributed by atoms with Crippen LogP contribution in [0.3, 0.4) is 0 Å². The van der Waals surface area contributed by atoms with Crippen LogP contribution in [0.2, 0.25) is 0 Å². The molecule has 1 aromatic heterocycles. The number of halogens is 1. The zero-order chi connectivity index (χ0) is 19.3. The van der Waals surface area contributed by atoms with E-state index in [2.05, 4.69) is 67.0 Å². The topological polar surface area (TPSA) is 76.3 Å². The van der Waals surface area contributed by atoms with Crippen LogP contribution in [-0.2, 0) is 4.74 Å². The largest absolute Gasteiger partial charge is 0.399 e. The summed E-state index contributed by atoms with van der Waals surface area (Å²) in [5.41, 5.74) is 8.68. The first-order valence-corrected chi connectivity index (χ1v) is 10.8. The lowest BCUT2D eigenvalue weighted by Crippen LogP contribution is -2.36. The van der Waals surface area contributed by atoms with E-state index in [1.54, 1.807) is 11.8 Å². The highest BCUT2D eigenvalue weighted by molar-refractivity contribution is 14.1. The molecule has 6 nitrogen and oxygen atoms in total. The second kappa shape index (κ2) is 8.97. The summed E-state index contributed by atoms with van der Waals surface area (Å²) >= 11 is 3.85. The molecule has 0 bridgehead atoms. The van der Waals surface area contributed by atoms with E-state index in [9.17, 15) is 0 Å². The average molecular weight is 505 g/mol. The maximum atomic E-state index is 5.76. The Balaban J connectivity index is 1.46. The van der Waals surface area contributed by atoms with Crippen molar-refractivity contribution in [3.05, 3.63) is 58.3 Å². The number of rotatable bonds is 5. The molecule has 0 amide bonds. The van der Waals surface area contributed by atoms with Crippen LogP contribution >= 0.6 is 34.4 Å². The minimum Gasteiger partial charge on any atom is -0.399 e. The molecule has 0 spiro atoms. The summed E-state index contributed by atoms with van der Waals surface area (Å²) in [6.07, 6.45) is 1.83. The van der Waals surface area contributed by atoms with Gasteiger partial charge in [-0.2, -0.15) is 0 Å². The van der Waals surface area contributed by atoms with E-state index in [1.165, 1.54) is 5.69 Å². The standard InChI is InChI=1S/C20H20IN5OS/c21-18-13-23-20(25-19(18)28-17-7-1-14(22)2-8-17)24-15-3-5-16(6-4-15)26-9-11-27-12-10-26/h1-8,13H,9-12,22H2,(H,23,24,25). The highest BCUT2D eigenvalue weighted by atomic mass is 127. The van der Waals surface area contributed by atoms with Crippen molar-refractivity contribution in [2.24, 2.45) is 0 Å². The predicted octanol–water partition coefficient (Wildman–Crippen LogP) is 4.39. The second-order valence-electron chi connectivity index (χ2n) is 6.29. The van der Waals surface area contributed by atoms with E-state index in [1.807, 2.05) is 30.5 Å². The summed E-state index contributed by atoms with van der Waals surface area (Å²) in [6.45, 7) is 3.42. The van der Waals surface area contributed by atoms with E-state index in [-0.39, 0.29) is 0 Å². The summed E-state index contributed by atoms with van der Waals surface area (Å²) in [5, 5.41) is 4.20. The van der Waals surface area contributed by atoms with Crippen molar-refractivity contribution < 1.29 is 4.74 Å². The molecule has 2 aromatic carbocycles. The normalized spacial score (nSPS) is 14.1. The number of aromatic nitrogens is 2. The molecule has 144 valence electrons. The quantitative estimate of drug-likeness (QED) is 0.303. The molecule has 3 N–H and O–H groups in total. The molecule has 1 aliphatic rings. The lowest BCUT2D eigenvalue weighted by molar-refractivity contribution is 0.122. The Labute approximate surface area is 182 Å². The summed E-state index contributed by atoms with van der Waals surface area (Å²) < 4.78 is 6.42. The van der Waals surface area contributed by atoms with Crippen LogP contribution in [0.5, 0.6) is 0 Å². The Bertz CT molecular complexity index is 930. The van der Waals surface area contributed by atoms with E-state index in [0.717, 1.165) is 51.2 Å². The van der Waals surface area contributed by atoms with Crippen molar-refractivity contribution in [3.63, 3.8) is 0 Å². The Hall–Kier alpha value is -2.04. The number of ether oxygens (including phenoxy) is 1. The third kappa shape index (κ3) is 4.86. The zero-order valence-corrected chi connectivity index (χ0v) is 18.1. The number of benzene rings is 2. The number of nitrogens with two attached hydrogens (primary N) is 1. The number of anilines is 4. The number of nitrogens with zero attached hydrogens (tertiary/aromatic N) is 3. The molecule has 1 fully saturated rings. The number of morpholine rings is 1. The van der Waals surface area contributed by atoms with Crippen LogP contribution in [0, 0.1) is 3.57 Å². The molecule has 0 radical (unpaired) electrons. The van der Waals surface area contributed by atoms with E-state index in [0.29, 0.717) is 5.95 Å². The van der Waals surface area contributed by atoms with Gasteiger partial charge in [0, 0.05) is 41.2 Å². The molecule has 3 aromatic rings. The fourth-order valence-electron chi connectivity index (χ4n) is 2.84. The SMILES string of the molecule is Nc1ccc(Sc2nc(Nc3ccc(N4CCOCC4)cc3)ncc2I)cc1. The molecule has 0 saturated carbocycles. The van der Waals surface area contributed by atoms with Gasteiger partial charge in [0.2, 0.25) is 5.95 Å². The molecule has 0 unspecified atom stereocenters. The number of nitrogens with one attached hydrogen (secondary N) is 1. The van der Waals surface area contributed by atoms with Crippen molar-refractivity contribution in [1.82, 2.24) is 9.97 Å². The molecule has 0 atom stereocenters. The van der Waals surface area contributed by atoms with Gasteiger partial charge < -0.3 is 20.7 Å². The van der Waals surface area contributed by atoms with E-state index < -0.39 is 0 Å². The van der Waals surface area contributed by atoms with Crippen molar-refractivity contribution in [1.29, 1.82) is 0 Å². The van der Waals surface area contributed by atoms with Crippen LogP contribution in [0.25, 0.3) is 0 Å². The molecular weight excluding hydrogens is 485 g/mol. The van der Waals surface area contributed by atoms with Crippen LogP contribution < -0.4 is 16.0 Å². The van der Waals surface area contributed by atoms with Crippen LogP contribution in [0.15, 0.2) is 64.6 Å². The number of hydrogen-bond donors (Lipinski definition) is 2. The lowest BCUT2D eigenvalue weighted by atomic mass is 10.2. The van der Waals surface area contributed by atoms with Crippen molar-refractivity contribution in [2.45, 2.75) is 9.92 Å². The second-order valence-corrected chi connectivity index (χ2v) is 8.51. The third-order valence-electron chi connectivity index (χ3n) is 4.31. The fourth-order valence-corrected chi connectivity index (χ4v) is 4.20. The first-order chi connectivity index (χ1) is 13.7. The maximum Gasteiger partial charge on any atom is 0.228 e. The minimum absolute atomic E-state index is 0.581. The molecule has 1 saturated heterocycles. The molecular formula is C20H20IN5OS. The van der Waals surface area contributed by atoms with Gasteiger partial charge in [0.25, 0.3) is 0 Å². The zero-order valence-electron chi connectivity index (χ0n) is 15.1. The van der Waals surface area contributed by atoms with Gasteiger partial charge in [0.15, 0.2) is 0 Å². The Morgan fingerprint density at radius 2 is 1.75 bits per heavy atom. The van der Waals surface area contributed by atoms with Crippen molar-refractivity contribution in [2.75, 3.05) is 42.3 Å². The number of hydrogen-bond acceptors (Lipinski definition) is 7. The van der Waals surface area contributed by atoms with E-state index in [4.69, 9.17) is 10.5 Å².